The SMILES string of the molecule is CC(C)(C)c1cc(N2CCN(Cc3ccc4c(c3)OCO4)CC2)nc(SCc2ccc(C(=O)N3CCCC3)cc2)n1. The molecule has 3 aliphatic heterocycles. The largest absolute Gasteiger partial charge is 0.454 e. The first-order valence-corrected chi connectivity index (χ1v) is 15.6. The monoisotopic (exact) mass is 573 g/mol. The molecule has 0 atom stereocenters. The van der Waals surface area contributed by atoms with Gasteiger partial charge in [0.2, 0.25) is 6.79 Å². The summed E-state index contributed by atoms with van der Waals surface area (Å²) < 4.78 is 11.0. The lowest BCUT2D eigenvalue weighted by atomic mass is 9.92. The van der Waals surface area contributed by atoms with Gasteiger partial charge in [0, 0.05) is 68.6 Å². The van der Waals surface area contributed by atoms with Crippen LogP contribution >= 0.6 is 11.8 Å². The summed E-state index contributed by atoms with van der Waals surface area (Å²) in [4.78, 5) is 29.5. The van der Waals surface area contributed by atoms with Crippen LogP contribution in [0.5, 0.6) is 11.5 Å². The van der Waals surface area contributed by atoms with Crippen LogP contribution in [0.2, 0.25) is 0 Å². The highest BCUT2D eigenvalue weighted by molar-refractivity contribution is 7.98. The van der Waals surface area contributed by atoms with Crippen LogP contribution in [0.1, 0.15) is 60.8 Å². The topological polar surface area (TPSA) is 71.0 Å². The van der Waals surface area contributed by atoms with Crippen LogP contribution in [0, 0.1) is 0 Å². The number of aromatic nitrogens is 2. The summed E-state index contributed by atoms with van der Waals surface area (Å²) >= 11 is 1.66. The molecule has 9 heteroatoms. The average Bonchev–Trinajstić information content (AvgIpc) is 3.68. The summed E-state index contributed by atoms with van der Waals surface area (Å²) in [6, 6.07) is 16.4. The molecule has 0 unspecified atom stereocenters. The van der Waals surface area contributed by atoms with Gasteiger partial charge in [-0.1, -0.05) is 50.7 Å². The third-order valence-electron chi connectivity index (χ3n) is 7.96. The van der Waals surface area contributed by atoms with Crippen molar-refractivity contribution in [3.8, 4) is 11.5 Å². The first-order valence-electron chi connectivity index (χ1n) is 14.6. The van der Waals surface area contributed by atoms with E-state index in [9.17, 15) is 4.79 Å². The maximum absolute atomic E-state index is 12.7. The number of piperazine rings is 1. The van der Waals surface area contributed by atoms with Crippen LogP contribution in [0.3, 0.4) is 0 Å². The molecule has 0 radical (unpaired) electrons. The molecule has 0 N–H and O–H groups in total. The fraction of sp³-hybridized carbons (Fsp3) is 0.469. The van der Waals surface area contributed by atoms with Gasteiger partial charge in [-0.2, -0.15) is 0 Å². The highest BCUT2D eigenvalue weighted by atomic mass is 32.2. The van der Waals surface area contributed by atoms with Crippen molar-refractivity contribution in [1.82, 2.24) is 19.8 Å². The molecule has 0 bridgehead atoms. The number of nitrogens with zero attached hydrogens (tertiary/aromatic N) is 5. The number of hydrogen-bond acceptors (Lipinski definition) is 8. The second kappa shape index (κ2) is 11.9. The predicted octanol–water partition coefficient (Wildman–Crippen LogP) is 5.35. The third-order valence-corrected chi connectivity index (χ3v) is 8.88. The number of anilines is 1. The highest BCUT2D eigenvalue weighted by Gasteiger charge is 2.24. The zero-order valence-electron chi connectivity index (χ0n) is 24.3. The third kappa shape index (κ3) is 6.62. The summed E-state index contributed by atoms with van der Waals surface area (Å²) in [6.45, 7) is 13.3. The second-order valence-electron chi connectivity index (χ2n) is 12.1. The van der Waals surface area contributed by atoms with Gasteiger partial charge >= 0.3 is 0 Å². The number of fused-ring (bicyclic) bond motifs is 1. The minimum Gasteiger partial charge on any atom is -0.454 e. The molecule has 0 aliphatic carbocycles. The van der Waals surface area contributed by atoms with E-state index in [0.29, 0.717) is 6.79 Å². The van der Waals surface area contributed by atoms with Gasteiger partial charge < -0.3 is 19.3 Å². The summed E-state index contributed by atoms with van der Waals surface area (Å²) in [7, 11) is 0. The smallest absolute Gasteiger partial charge is 0.253 e. The summed E-state index contributed by atoms with van der Waals surface area (Å²) in [6.07, 6.45) is 2.21. The van der Waals surface area contributed by atoms with Crippen LogP contribution in [0.25, 0.3) is 0 Å². The van der Waals surface area contributed by atoms with Crippen molar-refractivity contribution < 1.29 is 14.3 Å². The molecule has 216 valence electrons. The Morgan fingerprint density at radius 1 is 0.854 bits per heavy atom. The molecule has 4 heterocycles. The Hall–Kier alpha value is -3.30. The van der Waals surface area contributed by atoms with E-state index in [-0.39, 0.29) is 11.3 Å². The molecule has 3 aliphatic rings. The van der Waals surface area contributed by atoms with E-state index in [4.69, 9.17) is 19.4 Å². The number of amides is 1. The fourth-order valence-corrected chi connectivity index (χ4v) is 6.26. The van der Waals surface area contributed by atoms with Crippen molar-refractivity contribution in [3.05, 3.63) is 70.9 Å². The van der Waals surface area contributed by atoms with E-state index >= 15 is 0 Å². The summed E-state index contributed by atoms with van der Waals surface area (Å²) in [5.74, 6) is 3.57. The normalized spacial score (nSPS) is 17.3. The Morgan fingerprint density at radius 3 is 2.29 bits per heavy atom. The van der Waals surface area contributed by atoms with Crippen LogP contribution in [0.4, 0.5) is 5.82 Å². The Balaban J connectivity index is 1.09. The minimum atomic E-state index is -0.0776. The average molecular weight is 574 g/mol. The minimum absolute atomic E-state index is 0.0776. The molecule has 1 amide bonds. The lowest BCUT2D eigenvalue weighted by molar-refractivity contribution is 0.0793. The summed E-state index contributed by atoms with van der Waals surface area (Å²) in [5.41, 5.74) is 4.15. The molecular formula is C32H39N5O3S. The molecule has 2 fully saturated rings. The molecular weight excluding hydrogens is 534 g/mol. The number of carbonyl (C=O) groups is 1. The number of benzene rings is 2. The van der Waals surface area contributed by atoms with Crippen LogP contribution < -0.4 is 14.4 Å². The molecule has 0 saturated carbocycles. The number of ether oxygens (including phenoxy) is 2. The lowest BCUT2D eigenvalue weighted by Crippen LogP contribution is -2.46. The molecule has 0 spiro atoms. The molecule has 1 aromatic heterocycles. The van der Waals surface area contributed by atoms with Gasteiger partial charge in [0.25, 0.3) is 5.91 Å². The zero-order chi connectivity index (χ0) is 28.4. The van der Waals surface area contributed by atoms with Gasteiger partial charge in [-0.15, -0.1) is 0 Å². The van der Waals surface area contributed by atoms with Crippen molar-refractivity contribution >= 4 is 23.5 Å². The standard InChI is InChI=1S/C32H39N5O3S/c1-32(2,3)28-19-29(36-16-14-35(15-17-36)20-24-8-11-26-27(18-24)40-22-39-26)34-31(33-28)41-21-23-6-9-25(10-7-23)30(38)37-12-4-5-13-37/h6-11,18-19H,4-5,12-17,20-22H2,1-3H3. The first-order chi connectivity index (χ1) is 19.8. The number of thioether (sulfide) groups is 1. The van der Waals surface area contributed by atoms with Gasteiger partial charge in [-0.05, 0) is 48.2 Å². The van der Waals surface area contributed by atoms with E-state index in [1.165, 1.54) is 5.56 Å². The van der Waals surface area contributed by atoms with Crippen molar-refractivity contribution in [3.63, 3.8) is 0 Å². The molecule has 6 rings (SSSR count). The molecule has 3 aromatic rings. The Kier molecular flexibility index (Phi) is 8.08. The molecule has 2 saturated heterocycles. The zero-order valence-corrected chi connectivity index (χ0v) is 25.1. The van der Waals surface area contributed by atoms with E-state index in [2.05, 4.69) is 60.9 Å². The van der Waals surface area contributed by atoms with Crippen LogP contribution in [-0.2, 0) is 17.7 Å². The van der Waals surface area contributed by atoms with Gasteiger partial charge in [0.15, 0.2) is 16.7 Å². The fourth-order valence-electron chi connectivity index (χ4n) is 5.45. The number of hydrogen-bond donors (Lipinski definition) is 0. The van der Waals surface area contributed by atoms with Crippen LogP contribution in [-0.4, -0.2) is 71.7 Å². The Morgan fingerprint density at radius 2 is 1.56 bits per heavy atom. The van der Waals surface area contributed by atoms with Gasteiger partial charge in [0.1, 0.15) is 5.82 Å². The maximum Gasteiger partial charge on any atom is 0.253 e. The molecule has 2 aromatic carbocycles. The number of rotatable bonds is 7. The predicted molar refractivity (Wildman–Crippen MR) is 162 cm³/mol. The Labute approximate surface area is 247 Å². The summed E-state index contributed by atoms with van der Waals surface area (Å²) in [5, 5.41) is 0.799. The number of carbonyl (C=O) groups excluding carboxylic acids is 1. The molecule has 8 nitrogen and oxygen atoms in total. The lowest BCUT2D eigenvalue weighted by Gasteiger charge is -2.36. The van der Waals surface area contributed by atoms with Crippen molar-refractivity contribution in [2.24, 2.45) is 0 Å². The number of likely N-dealkylation sites (tertiary alicyclic amines) is 1. The van der Waals surface area contributed by atoms with Gasteiger partial charge in [0.05, 0.1) is 5.69 Å². The quantitative estimate of drug-likeness (QED) is 0.277. The Bertz CT molecular complexity index is 1380. The second-order valence-corrected chi connectivity index (χ2v) is 13.0. The van der Waals surface area contributed by atoms with Crippen molar-refractivity contribution in [2.45, 2.75) is 56.5 Å². The first kappa shape index (κ1) is 27.8. The van der Waals surface area contributed by atoms with E-state index < -0.39 is 0 Å². The maximum atomic E-state index is 12.7. The van der Waals surface area contributed by atoms with Crippen molar-refractivity contribution in [1.29, 1.82) is 0 Å². The highest BCUT2D eigenvalue weighted by Crippen LogP contribution is 2.33. The van der Waals surface area contributed by atoms with E-state index in [1.54, 1.807) is 11.8 Å². The van der Waals surface area contributed by atoms with Gasteiger partial charge in [-0.3, -0.25) is 9.69 Å². The van der Waals surface area contributed by atoms with Gasteiger partial charge in [-0.25, -0.2) is 9.97 Å². The van der Waals surface area contributed by atoms with Crippen LogP contribution in [0.15, 0.2) is 53.7 Å². The van der Waals surface area contributed by atoms with E-state index in [1.807, 2.05) is 23.1 Å². The van der Waals surface area contributed by atoms with E-state index in [0.717, 1.165) is 104 Å². The molecule has 41 heavy (non-hydrogen) atoms. The van der Waals surface area contributed by atoms with Crippen molar-refractivity contribution in [2.75, 3.05) is 51.0 Å².